The summed E-state index contributed by atoms with van der Waals surface area (Å²) >= 11 is 0. The van der Waals surface area contributed by atoms with E-state index in [4.69, 9.17) is 14.2 Å². The number of allylic oxidation sites excluding steroid dienone is 1. The summed E-state index contributed by atoms with van der Waals surface area (Å²) < 4.78 is 17.1. The lowest BCUT2D eigenvalue weighted by Gasteiger charge is -2.36. The number of hydrogen-bond donors (Lipinski definition) is 0. The number of methoxy groups -OCH3 is 1. The van der Waals surface area contributed by atoms with Gasteiger partial charge in [-0.25, -0.2) is 0 Å². The number of para-hydroxylation sites is 1. The number of hydrogen-bond acceptors (Lipinski definition) is 4. The Kier molecular flexibility index (Phi) is 4.71. The summed E-state index contributed by atoms with van der Waals surface area (Å²) in [6.07, 6.45) is 4.02. The van der Waals surface area contributed by atoms with Crippen molar-refractivity contribution >= 4 is 5.78 Å². The summed E-state index contributed by atoms with van der Waals surface area (Å²) in [6.45, 7) is 4.22. The summed E-state index contributed by atoms with van der Waals surface area (Å²) in [4.78, 5) is 12.7. The molecule has 0 saturated heterocycles. The van der Waals surface area contributed by atoms with Gasteiger partial charge in [-0.15, -0.1) is 0 Å². The van der Waals surface area contributed by atoms with Crippen molar-refractivity contribution in [1.82, 2.24) is 0 Å². The maximum absolute atomic E-state index is 12.7. The number of carbonyl (C=O) groups is 1. The minimum atomic E-state index is -0.118. The van der Waals surface area contributed by atoms with E-state index >= 15 is 0 Å². The van der Waals surface area contributed by atoms with Crippen LogP contribution in [0.15, 0.2) is 36.3 Å². The third kappa shape index (κ3) is 3.27. The van der Waals surface area contributed by atoms with Gasteiger partial charge in [0.2, 0.25) is 11.5 Å². The molecule has 4 nitrogen and oxygen atoms in total. The lowest BCUT2D eigenvalue weighted by atomic mass is 9.80. The number of carbonyl (C=O) groups excluding carboxylic acids is 1. The number of ether oxygens (including phenoxy) is 3. The van der Waals surface area contributed by atoms with Crippen molar-refractivity contribution in [3.05, 3.63) is 41.9 Å². The average molecular weight is 316 g/mol. The summed E-state index contributed by atoms with van der Waals surface area (Å²) in [5, 5.41) is 0. The first kappa shape index (κ1) is 16.1. The van der Waals surface area contributed by atoms with E-state index in [1.807, 2.05) is 24.3 Å². The SMILES string of the molecule is COC1CCC2C(=O)C(Oc3ccccc3C(C)C)=COC2C1. The lowest BCUT2D eigenvalue weighted by molar-refractivity contribution is -0.133. The molecule has 124 valence electrons. The number of ketones is 1. The van der Waals surface area contributed by atoms with E-state index < -0.39 is 0 Å². The second-order valence-electron chi connectivity index (χ2n) is 6.59. The average Bonchev–Trinajstić information content (AvgIpc) is 2.57. The van der Waals surface area contributed by atoms with Gasteiger partial charge in [-0.05, 0) is 30.4 Å². The zero-order chi connectivity index (χ0) is 16.4. The van der Waals surface area contributed by atoms with Crippen molar-refractivity contribution in [2.24, 2.45) is 5.92 Å². The molecular formula is C19H24O4. The molecule has 0 amide bonds. The summed E-state index contributed by atoms with van der Waals surface area (Å²) in [5.74, 6) is 1.31. The van der Waals surface area contributed by atoms with Gasteiger partial charge in [-0.1, -0.05) is 32.0 Å². The summed E-state index contributed by atoms with van der Waals surface area (Å²) in [5.41, 5.74) is 1.09. The quantitative estimate of drug-likeness (QED) is 0.847. The number of benzene rings is 1. The van der Waals surface area contributed by atoms with E-state index in [1.54, 1.807) is 7.11 Å². The molecule has 1 fully saturated rings. The van der Waals surface area contributed by atoms with Crippen LogP contribution in [0.1, 0.15) is 44.6 Å². The van der Waals surface area contributed by atoms with Crippen LogP contribution in [0.25, 0.3) is 0 Å². The third-order valence-electron chi connectivity index (χ3n) is 4.77. The monoisotopic (exact) mass is 316 g/mol. The first-order chi connectivity index (χ1) is 11.1. The van der Waals surface area contributed by atoms with Crippen molar-refractivity contribution in [2.45, 2.75) is 51.2 Å². The minimum Gasteiger partial charge on any atom is -0.493 e. The molecule has 1 aromatic rings. The molecule has 0 N–H and O–H groups in total. The Morgan fingerprint density at radius 3 is 2.74 bits per heavy atom. The Labute approximate surface area is 137 Å². The molecular weight excluding hydrogens is 292 g/mol. The molecule has 1 heterocycles. The van der Waals surface area contributed by atoms with Crippen LogP contribution in [-0.2, 0) is 14.3 Å². The Bertz CT molecular complexity index is 605. The van der Waals surface area contributed by atoms with E-state index in [0.717, 1.165) is 30.6 Å². The zero-order valence-corrected chi connectivity index (χ0v) is 14.0. The van der Waals surface area contributed by atoms with Crippen LogP contribution in [0.5, 0.6) is 5.75 Å². The maximum atomic E-state index is 12.7. The standard InChI is InChI=1S/C19H24O4/c1-12(2)14-6-4-5-7-16(14)23-18-11-22-17-10-13(21-3)8-9-15(17)19(18)20/h4-7,11-13,15,17H,8-10H2,1-3H3. The molecule has 3 unspecified atom stereocenters. The van der Waals surface area contributed by atoms with Gasteiger partial charge in [0.1, 0.15) is 18.1 Å². The van der Waals surface area contributed by atoms with E-state index in [0.29, 0.717) is 11.7 Å². The Hall–Kier alpha value is -1.81. The molecule has 4 heteroatoms. The number of fused-ring (bicyclic) bond motifs is 1. The maximum Gasteiger partial charge on any atom is 0.207 e. The molecule has 3 rings (SSSR count). The van der Waals surface area contributed by atoms with Crippen LogP contribution >= 0.6 is 0 Å². The van der Waals surface area contributed by atoms with Gasteiger partial charge in [-0.2, -0.15) is 0 Å². The Morgan fingerprint density at radius 1 is 1.22 bits per heavy atom. The van der Waals surface area contributed by atoms with Gasteiger partial charge < -0.3 is 14.2 Å². The highest BCUT2D eigenvalue weighted by Crippen LogP contribution is 2.36. The molecule has 1 aliphatic carbocycles. The van der Waals surface area contributed by atoms with Gasteiger partial charge in [0, 0.05) is 13.5 Å². The molecule has 3 atom stereocenters. The van der Waals surface area contributed by atoms with E-state index in [1.165, 1.54) is 6.26 Å². The van der Waals surface area contributed by atoms with Gasteiger partial charge in [0.15, 0.2) is 0 Å². The zero-order valence-electron chi connectivity index (χ0n) is 14.0. The van der Waals surface area contributed by atoms with Crippen LogP contribution in [-0.4, -0.2) is 25.1 Å². The molecule has 0 bridgehead atoms. The van der Waals surface area contributed by atoms with Crippen LogP contribution in [0.2, 0.25) is 0 Å². The normalized spacial score (nSPS) is 27.2. The van der Waals surface area contributed by atoms with Crippen molar-refractivity contribution in [3.8, 4) is 5.75 Å². The highest BCUT2D eigenvalue weighted by molar-refractivity contribution is 5.96. The number of rotatable bonds is 4. The lowest BCUT2D eigenvalue weighted by Crippen LogP contribution is -2.42. The van der Waals surface area contributed by atoms with Crippen molar-refractivity contribution in [3.63, 3.8) is 0 Å². The molecule has 1 aliphatic heterocycles. The van der Waals surface area contributed by atoms with Crippen molar-refractivity contribution < 1.29 is 19.0 Å². The third-order valence-corrected chi connectivity index (χ3v) is 4.77. The molecule has 1 saturated carbocycles. The topological polar surface area (TPSA) is 44.8 Å². The van der Waals surface area contributed by atoms with Gasteiger partial charge >= 0.3 is 0 Å². The smallest absolute Gasteiger partial charge is 0.207 e. The predicted octanol–water partition coefficient (Wildman–Crippen LogP) is 3.81. The van der Waals surface area contributed by atoms with Gasteiger partial charge in [-0.3, -0.25) is 4.79 Å². The first-order valence-electron chi connectivity index (χ1n) is 8.29. The van der Waals surface area contributed by atoms with Crippen LogP contribution in [0.4, 0.5) is 0 Å². The second kappa shape index (κ2) is 6.75. The molecule has 1 aromatic carbocycles. The highest BCUT2D eigenvalue weighted by atomic mass is 16.5. The molecule has 2 aliphatic rings. The summed E-state index contributed by atoms with van der Waals surface area (Å²) in [7, 11) is 1.71. The first-order valence-corrected chi connectivity index (χ1v) is 8.29. The van der Waals surface area contributed by atoms with Crippen molar-refractivity contribution in [2.75, 3.05) is 7.11 Å². The van der Waals surface area contributed by atoms with E-state index in [2.05, 4.69) is 13.8 Å². The molecule has 23 heavy (non-hydrogen) atoms. The molecule has 0 radical (unpaired) electrons. The molecule has 0 spiro atoms. The fraction of sp³-hybridized carbons (Fsp3) is 0.526. The second-order valence-corrected chi connectivity index (χ2v) is 6.59. The molecule has 0 aromatic heterocycles. The predicted molar refractivity (Wildman–Crippen MR) is 87.3 cm³/mol. The Morgan fingerprint density at radius 2 is 2.00 bits per heavy atom. The highest BCUT2D eigenvalue weighted by Gasteiger charge is 2.41. The number of Topliss-reactive ketones (excluding diaryl/α,β-unsaturated/α-hetero) is 1. The van der Waals surface area contributed by atoms with E-state index in [9.17, 15) is 4.79 Å². The van der Waals surface area contributed by atoms with Crippen LogP contribution < -0.4 is 4.74 Å². The van der Waals surface area contributed by atoms with Crippen LogP contribution in [0.3, 0.4) is 0 Å². The van der Waals surface area contributed by atoms with Crippen LogP contribution in [0, 0.1) is 5.92 Å². The van der Waals surface area contributed by atoms with E-state index in [-0.39, 0.29) is 23.9 Å². The largest absolute Gasteiger partial charge is 0.493 e. The minimum absolute atomic E-state index is 0.0503. The van der Waals surface area contributed by atoms with Gasteiger partial charge in [0.25, 0.3) is 0 Å². The fourth-order valence-corrected chi connectivity index (χ4v) is 3.39. The fourth-order valence-electron chi connectivity index (χ4n) is 3.39. The Balaban J connectivity index is 1.77. The van der Waals surface area contributed by atoms with Crippen molar-refractivity contribution in [1.29, 1.82) is 0 Å². The summed E-state index contributed by atoms with van der Waals surface area (Å²) in [6, 6.07) is 7.83. The van der Waals surface area contributed by atoms with Gasteiger partial charge in [0.05, 0.1) is 12.0 Å².